The van der Waals surface area contributed by atoms with Crippen LogP contribution in [0.1, 0.15) is 43.5 Å². The average molecular weight is 230 g/mol. The fraction of sp³-hybridized carbons (Fsp3) is 0.583. The standard InChI is InChI=1S/C12H14N4O/c13-6-10-11(7-14)16(9-15-10)8-12(17)4-2-1-3-5-12/h9,17H,1-5,8H2. The van der Waals surface area contributed by atoms with Gasteiger partial charge < -0.3 is 9.67 Å². The molecule has 1 fully saturated rings. The minimum absolute atomic E-state index is 0.131. The minimum atomic E-state index is -0.753. The van der Waals surface area contributed by atoms with Crippen molar-refractivity contribution >= 4 is 0 Å². The highest BCUT2D eigenvalue weighted by molar-refractivity contribution is 5.36. The highest BCUT2D eigenvalue weighted by Gasteiger charge is 2.30. The molecule has 1 saturated carbocycles. The zero-order valence-electron chi connectivity index (χ0n) is 9.56. The molecule has 1 N–H and O–H groups in total. The summed E-state index contributed by atoms with van der Waals surface area (Å²) in [5.74, 6) is 0. The van der Waals surface area contributed by atoms with Gasteiger partial charge in [-0.3, -0.25) is 0 Å². The number of nitriles is 2. The van der Waals surface area contributed by atoms with Gasteiger partial charge in [0.2, 0.25) is 0 Å². The summed E-state index contributed by atoms with van der Waals surface area (Å²) in [5.41, 5.74) is -0.379. The highest BCUT2D eigenvalue weighted by Crippen LogP contribution is 2.29. The summed E-state index contributed by atoms with van der Waals surface area (Å²) < 4.78 is 1.59. The maximum atomic E-state index is 10.4. The first-order valence-electron chi connectivity index (χ1n) is 5.76. The number of imidazole rings is 1. The van der Waals surface area contributed by atoms with Gasteiger partial charge in [-0.05, 0) is 12.8 Å². The van der Waals surface area contributed by atoms with E-state index in [1.54, 1.807) is 4.57 Å². The quantitative estimate of drug-likeness (QED) is 0.830. The number of hydrogen-bond acceptors (Lipinski definition) is 4. The lowest BCUT2D eigenvalue weighted by atomic mass is 9.85. The summed E-state index contributed by atoms with van der Waals surface area (Å²) in [4.78, 5) is 3.87. The van der Waals surface area contributed by atoms with Crippen molar-refractivity contribution in [3.05, 3.63) is 17.7 Å². The molecule has 1 aliphatic carbocycles. The summed E-state index contributed by atoms with van der Waals surface area (Å²) in [7, 11) is 0. The summed E-state index contributed by atoms with van der Waals surface area (Å²) in [5, 5.41) is 28.2. The van der Waals surface area contributed by atoms with Crippen molar-refractivity contribution in [1.29, 1.82) is 10.5 Å². The Morgan fingerprint density at radius 3 is 2.59 bits per heavy atom. The maximum absolute atomic E-state index is 10.4. The van der Waals surface area contributed by atoms with Crippen molar-refractivity contribution in [3.63, 3.8) is 0 Å². The van der Waals surface area contributed by atoms with Crippen LogP contribution in [0.4, 0.5) is 0 Å². The van der Waals surface area contributed by atoms with Crippen molar-refractivity contribution in [3.8, 4) is 12.1 Å². The molecule has 0 saturated heterocycles. The van der Waals surface area contributed by atoms with Gasteiger partial charge in [0.25, 0.3) is 0 Å². The lowest BCUT2D eigenvalue weighted by Gasteiger charge is -2.32. The third-order valence-electron chi connectivity index (χ3n) is 3.30. The van der Waals surface area contributed by atoms with Crippen LogP contribution in [0.2, 0.25) is 0 Å². The second kappa shape index (κ2) is 4.57. The van der Waals surface area contributed by atoms with Crippen molar-refractivity contribution in [2.45, 2.75) is 44.2 Å². The first-order valence-corrected chi connectivity index (χ1v) is 5.76. The molecule has 0 atom stereocenters. The molecule has 2 rings (SSSR count). The van der Waals surface area contributed by atoms with Crippen molar-refractivity contribution in [2.24, 2.45) is 0 Å². The van der Waals surface area contributed by atoms with Crippen LogP contribution in [-0.2, 0) is 6.54 Å². The molecule has 1 aromatic heterocycles. The van der Waals surface area contributed by atoms with Crippen LogP contribution in [-0.4, -0.2) is 20.3 Å². The topological polar surface area (TPSA) is 85.6 Å². The zero-order chi connectivity index (χ0) is 12.3. The van der Waals surface area contributed by atoms with Crippen LogP contribution in [0, 0.1) is 22.7 Å². The molecule has 0 spiro atoms. The number of aromatic nitrogens is 2. The molecule has 1 heterocycles. The van der Waals surface area contributed by atoms with Gasteiger partial charge in [0.05, 0.1) is 18.5 Å². The zero-order valence-corrected chi connectivity index (χ0v) is 9.56. The van der Waals surface area contributed by atoms with Gasteiger partial charge >= 0.3 is 0 Å². The maximum Gasteiger partial charge on any atom is 0.176 e. The van der Waals surface area contributed by atoms with Crippen LogP contribution in [0.15, 0.2) is 6.33 Å². The molecule has 0 amide bonds. The molecule has 0 aromatic carbocycles. The van der Waals surface area contributed by atoms with E-state index in [9.17, 15) is 5.11 Å². The third kappa shape index (κ3) is 2.30. The van der Waals surface area contributed by atoms with Gasteiger partial charge in [-0.1, -0.05) is 19.3 Å². The second-order valence-corrected chi connectivity index (χ2v) is 4.58. The number of nitrogens with zero attached hydrogens (tertiary/aromatic N) is 4. The van der Waals surface area contributed by atoms with E-state index in [1.807, 2.05) is 12.1 Å². The Hall–Kier alpha value is -1.85. The fourth-order valence-electron chi connectivity index (χ4n) is 2.39. The van der Waals surface area contributed by atoms with Gasteiger partial charge in [-0.15, -0.1) is 0 Å². The van der Waals surface area contributed by atoms with E-state index < -0.39 is 5.60 Å². The van der Waals surface area contributed by atoms with Gasteiger partial charge in [-0.2, -0.15) is 10.5 Å². The largest absolute Gasteiger partial charge is 0.388 e. The summed E-state index contributed by atoms with van der Waals surface area (Å²) in [6, 6.07) is 3.85. The highest BCUT2D eigenvalue weighted by atomic mass is 16.3. The van der Waals surface area contributed by atoms with Crippen molar-refractivity contribution in [1.82, 2.24) is 9.55 Å². The predicted molar refractivity (Wildman–Crippen MR) is 59.7 cm³/mol. The molecule has 0 aliphatic heterocycles. The Labute approximate surface area is 99.9 Å². The Kier molecular flexibility index (Phi) is 3.12. The van der Waals surface area contributed by atoms with E-state index in [1.165, 1.54) is 6.33 Å². The molecular weight excluding hydrogens is 216 g/mol. The van der Waals surface area contributed by atoms with E-state index in [2.05, 4.69) is 4.98 Å². The van der Waals surface area contributed by atoms with Crippen LogP contribution in [0.25, 0.3) is 0 Å². The summed E-state index contributed by atoms with van der Waals surface area (Å²) in [6.45, 7) is 0.352. The summed E-state index contributed by atoms with van der Waals surface area (Å²) in [6.07, 6.45) is 6.14. The van der Waals surface area contributed by atoms with Crippen LogP contribution >= 0.6 is 0 Å². The first-order chi connectivity index (χ1) is 8.18. The van der Waals surface area contributed by atoms with E-state index in [-0.39, 0.29) is 11.4 Å². The minimum Gasteiger partial charge on any atom is -0.388 e. The van der Waals surface area contributed by atoms with Crippen molar-refractivity contribution < 1.29 is 5.11 Å². The molecule has 0 bridgehead atoms. The molecule has 5 nitrogen and oxygen atoms in total. The molecule has 17 heavy (non-hydrogen) atoms. The fourth-order valence-corrected chi connectivity index (χ4v) is 2.39. The third-order valence-corrected chi connectivity index (χ3v) is 3.30. The molecule has 5 heteroatoms. The smallest absolute Gasteiger partial charge is 0.176 e. The lowest BCUT2D eigenvalue weighted by Crippen LogP contribution is -2.36. The predicted octanol–water partition coefficient (Wildman–Crippen LogP) is 1.32. The van der Waals surface area contributed by atoms with Gasteiger partial charge in [0.15, 0.2) is 11.4 Å². The molecule has 0 radical (unpaired) electrons. The monoisotopic (exact) mass is 230 g/mol. The molecule has 88 valence electrons. The number of hydrogen-bond donors (Lipinski definition) is 1. The van der Waals surface area contributed by atoms with E-state index in [0.29, 0.717) is 6.54 Å². The molecule has 0 unspecified atom stereocenters. The van der Waals surface area contributed by atoms with Crippen LogP contribution in [0.3, 0.4) is 0 Å². The van der Waals surface area contributed by atoms with Crippen LogP contribution < -0.4 is 0 Å². The molecule has 1 aromatic rings. The average Bonchev–Trinajstić information content (AvgIpc) is 2.71. The van der Waals surface area contributed by atoms with E-state index >= 15 is 0 Å². The van der Waals surface area contributed by atoms with Gasteiger partial charge in [0.1, 0.15) is 12.1 Å². The van der Waals surface area contributed by atoms with E-state index in [4.69, 9.17) is 10.5 Å². The normalized spacial score (nSPS) is 18.3. The SMILES string of the molecule is N#Cc1ncn(CC2(O)CCCCC2)c1C#N. The Morgan fingerprint density at radius 1 is 1.29 bits per heavy atom. The van der Waals surface area contributed by atoms with E-state index in [0.717, 1.165) is 32.1 Å². The molecule has 1 aliphatic rings. The van der Waals surface area contributed by atoms with Gasteiger partial charge in [0, 0.05) is 0 Å². The molecular formula is C12H14N4O. The lowest BCUT2D eigenvalue weighted by molar-refractivity contribution is -0.0116. The second-order valence-electron chi connectivity index (χ2n) is 4.58. The first kappa shape index (κ1) is 11.6. The van der Waals surface area contributed by atoms with Gasteiger partial charge in [-0.25, -0.2) is 4.98 Å². The number of aliphatic hydroxyl groups is 1. The van der Waals surface area contributed by atoms with Crippen LogP contribution in [0.5, 0.6) is 0 Å². The summed E-state index contributed by atoms with van der Waals surface area (Å²) >= 11 is 0. The Bertz CT molecular complexity index is 486. The number of rotatable bonds is 2. The Morgan fingerprint density at radius 2 is 2.00 bits per heavy atom. The van der Waals surface area contributed by atoms with Crippen molar-refractivity contribution in [2.75, 3.05) is 0 Å². The Balaban J connectivity index is 2.22.